The first-order chi connectivity index (χ1) is 63.3. The van der Waals surface area contributed by atoms with Gasteiger partial charge in [0.15, 0.2) is 57.6 Å². The molecule has 0 fully saturated rings. The van der Waals surface area contributed by atoms with Crippen LogP contribution in [0, 0.1) is 94.7 Å². The van der Waals surface area contributed by atoms with Gasteiger partial charge >= 0.3 is 0 Å². The molecule has 2 aromatic heterocycles. The lowest BCUT2D eigenvalue weighted by molar-refractivity contribution is 0.237. The minimum atomic E-state index is 0.374. The number of aromatic nitrogens is 4. The van der Waals surface area contributed by atoms with E-state index in [-0.39, 0.29) is 0 Å². The van der Waals surface area contributed by atoms with Crippen LogP contribution in [0.25, 0.3) is 60.3 Å². The maximum Gasteiger partial charge on any atom is 0.198 e. The third kappa shape index (κ3) is 50.8. The predicted molar refractivity (Wildman–Crippen MR) is 568 cm³/mol. The van der Waals surface area contributed by atoms with E-state index in [1.165, 1.54) is 154 Å². The minimum absolute atomic E-state index is 0.374. The van der Waals surface area contributed by atoms with E-state index in [9.17, 15) is 0 Å². The van der Waals surface area contributed by atoms with E-state index in [1.807, 2.05) is 12.1 Å². The predicted octanol–water partition coefficient (Wildman–Crippen LogP) is 35.5. The fourth-order valence-electron chi connectivity index (χ4n) is 16.8. The van der Waals surface area contributed by atoms with Gasteiger partial charge < -0.3 is 37.9 Å². The molecule has 0 aliphatic carbocycles. The fourth-order valence-corrected chi connectivity index (χ4v) is 16.8. The Kier molecular flexibility index (Phi) is 55.9. The van der Waals surface area contributed by atoms with Gasteiger partial charge in [0.25, 0.3) is 0 Å². The second-order valence-electron chi connectivity index (χ2n) is 43.8. The largest absolute Gasteiger partial charge is 0.490 e. The van der Waals surface area contributed by atoms with E-state index in [2.05, 4.69) is 288 Å². The topological polar surface area (TPSA) is 125 Å². The second-order valence-corrected chi connectivity index (χ2v) is 43.8. The van der Waals surface area contributed by atoms with Gasteiger partial charge in [-0.15, -0.1) is 0 Å². The van der Waals surface area contributed by atoms with Crippen LogP contribution in [0.2, 0.25) is 0 Å². The second kappa shape index (κ2) is 65.2. The third-order valence-electron chi connectivity index (χ3n) is 26.2. The van der Waals surface area contributed by atoms with E-state index in [1.54, 1.807) is 0 Å². The number of benzene rings is 4. The van der Waals surface area contributed by atoms with Gasteiger partial charge in [-0.2, -0.15) is 0 Å². The van der Waals surface area contributed by atoms with Crippen LogP contribution in [0.5, 0.6) is 46.0 Å². The molecule has 0 saturated heterocycles. The highest BCUT2D eigenvalue weighted by atomic mass is 16.5. The zero-order valence-electron chi connectivity index (χ0n) is 88.3. The van der Waals surface area contributed by atoms with E-state index < -0.39 is 0 Å². The Morgan fingerprint density at radius 3 is 0.477 bits per heavy atom. The van der Waals surface area contributed by atoms with Crippen LogP contribution in [0.1, 0.15) is 417 Å². The normalized spacial score (nSPS) is 14.1. The molecule has 0 radical (unpaired) electrons. The fraction of sp³-hybridized carbons (Fsp3) is 0.667. The quantitative estimate of drug-likeness (QED) is 0.0361. The first-order valence-electron chi connectivity index (χ1n) is 53.4. The Bertz CT molecular complexity index is 3670. The van der Waals surface area contributed by atoms with Crippen LogP contribution in [-0.2, 0) is 0 Å². The van der Waals surface area contributed by atoms with E-state index in [0.29, 0.717) is 182 Å². The molecule has 0 unspecified atom stereocenters. The molecule has 738 valence electrons. The molecule has 6 aromatic rings. The molecule has 12 heteroatoms. The summed E-state index contributed by atoms with van der Waals surface area (Å²) in [6, 6.07) is 29.4. The van der Waals surface area contributed by atoms with Gasteiger partial charge in [-0.3, -0.25) is 0 Å². The Morgan fingerprint density at radius 1 is 0.174 bits per heavy atom. The van der Waals surface area contributed by atoms with Gasteiger partial charge in [-0.05, 0) is 253 Å². The Labute approximate surface area is 808 Å². The molecule has 0 bridgehead atoms. The van der Waals surface area contributed by atoms with Crippen molar-refractivity contribution in [1.82, 2.24) is 19.9 Å². The molecular formula is C120H190N4O8. The van der Waals surface area contributed by atoms with Crippen molar-refractivity contribution in [1.29, 1.82) is 0 Å². The molecule has 0 N–H and O–H groups in total. The van der Waals surface area contributed by atoms with Crippen molar-refractivity contribution in [3.8, 4) is 57.6 Å². The molecule has 0 amide bonds. The summed E-state index contributed by atoms with van der Waals surface area (Å²) in [6.07, 6.45) is 54.0. The molecule has 132 heavy (non-hydrogen) atoms. The van der Waals surface area contributed by atoms with Gasteiger partial charge in [-0.25, -0.2) is 19.9 Å². The zero-order chi connectivity index (χ0) is 96.0. The monoisotopic (exact) mass is 1820 g/mol. The lowest BCUT2D eigenvalue weighted by atomic mass is 9.97. The molecule has 2 heterocycles. The molecule has 6 rings (SSSR count). The highest BCUT2D eigenvalue weighted by Gasteiger charge is 2.20. The first kappa shape index (κ1) is 113. The summed E-state index contributed by atoms with van der Waals surface area (Å²) < 4.78 is 53.9. The van der Waals surface area contributed by atoms with Crippen LogP contribution in [0.3, 0.4) is 0 Å². The summed E-state index contributed by atoms with van der Waals surface area (Å²) in [5.41, 5.74) is 6.56. The van der Waals surface area contributed by atoms with Crippen LogP contribution in [0.4, 0.5) is 0 Å². The van der Waals surface area contributed by atoms with Crippen molar-refractivity contribution in [2.24, 2.45) is 94.7 Å². The summed E-state index contributed by atoms with van der Waals surface area (Å²) in [7, 11) is 0. The smallest absolute Gasteiger partial charge is 0.198 e. The molecule has 4 aromatic carbocycles. The van der Waals surface area contributed by atoms with Crippen LogP contribution >= 0.6 is 0 Å². The molecule has 12 nitrogen and oxygen atoms in total. The summed E-state index contributed by atoms with van der Waals surface area (Å²) in [6.45, 7) is 60.9. The SMILES string of the molecule is CC(C)CCC[C@@H](C)CCOc1ccc(/C=C/c2cc(/C=C/c3ccc(OCC[C@H](C)CCCC(C)C)c(OCC[C@H](C)CCCC(C)C)c3)nc(-c3nc(/C=C/c4ccc(OCC[C@H](C)CCCC(C)C)c(OCC[C@H](C)CCCC(C)C)c4)cc(/C=C/c4ccc(OCC[C@H](C)CCCC(C)C)c(OCC[C@H](C)CCCC(C)C)c4)n3)n2)cc1OCC[C@H](C)CCCC(C)C. The average Bonchev–Trinajstić information content (AvgIpc) is 0.807. The van der Waals surface area contributed by atoms with Crippen LogP contribution < -0.4 is 37.9 Å². The van der Waals surface area contributed by atoms with Gasteiger partial charge in [0.2, 0.25) is 0 Å². The molecule has 8 atom stereocenters. The lowest BCUT2D eigenvalue weighted by Gasteiger charge is -2.17. The van der Waals surface area contributed by atoms with E-state index >= 15 is 0 Å². The van der Waals surface area contributed by atoms with Crippen molar-refractivity contribution in [3.63, 3.8) is 0 Å². The van der Waals surface area contributed by atoms with Crippen molar-refractivity contribution in [3.05, 3.63) is 130 Å². The van der Waals surface area contributed by atoms with Gasteiger partial charge in [0, 0.05) is 0 Å². The van der Waals surface area contributed by atoms with Crippen molar-refractivity contribution >= 4 is 48.6 Å². The maximum absolute atomic E-state index is 6.79. The zero-order valence-corrected chi connectivity index (χ0v) is 88.3. The highest BCUT2D eigenvalue weighted by molar-refractivity contribution is 5.77. The number of ether oxygens (including phenoxy) is 8. The van der Waals surface area contributed by atoms with Gasteiger partial charge in [0.1, 0.15) is 0 Å². The molecule has 0 aliphatic rings. The van der Waals surface area contributed by atoms with Crippen molar-refractivity contribution in [2.75, 3.05) is 52.9 Å². The van der Waals surface area contributed by atoms with Crippen LogP contribution in [0.15, 0.2) is 84.9 Å². The van der Waals surface area contributed by atoms with Crippen molar-refractivity contribution < 1.29 is 37.9 Å². The number of hydrogen-bond acceptors (Lipinski definition) is 12. The standard InChI is InChI=1S/C120H190N4O8/c1-87(2)33-25-41-95(17)65-73-125-111-61-53-103(81-115(111)129-77-69-99(21)45-29-37-91(9)10)49-57-107-85-108(58-50-104-54-62-112(126-74-66-96(18)42-26-34-88(3)4)116(82-104)130-78-70-100(22)46-30-38-92(11)12)122-119(121-107)120-123-109(59-51-105-55-63-113(127-75-67-97(19)43-27-35-89(5)6)117(83-105)131-79-71-101(23)47-31-39-93(13)14)86-110(124-120)60-52-106-56-64-114(128-76-68-98(20)44-28-36-90(7)8)118(84-106)132-80-72-102(24)48-32-40-94(15)16/h49-64,81-102H,25-48,65-80H2,1-24H3/b57-49+,58-50+,59-51+,60-52+/t95-,96-,97-,98-,99-,100-,101-,102-/m1/s1. The minimum Gasteiger partial charge on any atom is -0.490 e. The van der Waals surface area contributed by atoms with Gasteiger partial charge in [-0.1, -0.05) is 369 Å². The number of rotatable bonds is 73. The Morgan fingerprint density at radius 2 is 0.326 bits per heavy atom. The maximum atomic E-state index is 6.79. The summed E-state index contributed by atoms with van der Waals surface area (Å²) >= 11 is 0. The number of hydrogen-bond donors (Lipinski definition) is 0. The molecule has 0 aliphatic heterocycles. The van der Waals surface area contributed by atoms with E-state index in [0.717, 1.165) is 120 Å². The molecule has 0 spiro atoms. The Balaban J connectivity index is 1.54. The lowest BCUT2D eigenvalue weighted by Crippen LogP contribution is -2.08. The average molecular weight is 1820 g/mol. The first-order valence-corrected chi connectivity index (χ1v) is 53.4. The third-order valence-corrected chi connectivity index (χ3v) is 26.2. The van der Waals surface area contributed by atoms with Crippen molar-refractivity contribution in [2.45, 2.75) is 372 Å². The van der Waals surface area contributed by atoms with E-state index in [4.69, 9.17) is 57.8 Å². The summed E-state index contributed by atoms with van der Waals surface area (Å²) in [4.78, 5) is 21.7. The summed E-state index contributed by atoms with van der Waals surface area (Å²) in [5, 5.41) is 0. The number of nitrogens with zero attached hydrogens (tertiary/aromatic N) is 4. The van der Waals surface area contributed by atoms with Crippen LogP contribution in [-0.4, -0.2) is 72.8 Å². The van der Waals surface area contributed by atoms with Gasteiger partial charge in [0.05, 0.1) is 75.6 Å². The highest BCUT2D eigenvalue weighted by Crippen LogP contribution is 2.37. The summed E-state index contributed by atoms with van der Waals surface area (Å²) in [5.74, 6) is 16.9. The molecular weight excluding hydrogens is 1630 g/mol. The molecule has 0 saturated carbocycles. The Hall–Kier alpha value is -7.60.